The minimum Gasteiger partial charge on any atom is -0.388 e. The Kier molecular flexibility index (Phi) is 2.42. The van der Waals surface area contributed by atoms with Crippen LogP contribution in [0.4, 0.5) is 0 Å². The second-order valence-electron chi connectivity index (χ2n) is 3.30. The van der Waals surface area contributed by atoms with Crippen molar-refractivity contribution in [3.8, 4) is 0 Å². The van der Waals surface area contributed by atoms with Gasteiger partial charge in [0.25, 0.3) is 0 Å². The molecule has 0 radical (unpaired) electrons. The van der Waals surface area contributed by atoms with E-state index < -0.39 is 30.2 Å². The minimum atomic E-state index is -1.79. The Morgan fingerprint density at radius 3 is 2.17 bits per heavy atom. The monoisotopic (exact) mass is 178 g/mol. The number of hydrogen-bond donors (Lipinski definition) is 4. The van der Waals surface area contributed by atoms with E-state index in [-0.39, 0.29) is 0 Å². The maximum Gasteiger partial charge on any atom is 0.192 e. The van der Waals surface area contributed by atoms with Crippen molar-refractivity contribution in [3.63, 3.8) is 0 Å². The van der Waals surface area contributed by atoms with Gasteiger partial charge in [-0.1, -0.05) is 0 Å². The molecule has 0 amide bonds. The van der Waals surface area contributed by atoms with Gasteiger partial charge in [-0.25, -0.2) is 0 Å². The van der Waals surface area contributed by atoms with Crippen LogP contribution in [0.5, 0.6) is 0 Å². The van der Waals surface area contributed by atoms with Crippen molar-refractivity contribution >= 4 is 0 Å². The second-order valence-corrected chi connectivity index (χ2v) is 3.30. The molecular formula is C7H14O5. The van der Waals surface area contributed by atoms with E-state index in [0.717, 1.165) is 0 Å². The molecular weight excluding hydrogens is 164 g/mol. The predicted molar refractivity (Wildman–Crippen MR) is 39.2 cm³/mol. The molecule has 1 fully saturated rings. The molecule has 0 saturated carbocycles. The van der Waals surface area contributed by atoms with Gasteiger partial charge in [-0.05, 0) is 13.8 Å². The Hall–Kier alpha value is -0.200. The zero-order valence-electron chi connectivity index (χ0n) is 7.01. The van der Waals surface area contributed by atoms with Gasteiger partial charge in [-0.3, -0.25) is 0 Å². The third kappa shape index (κ3) is 1.46. The van der Waals surface area contributed by atoms with Crippen LogP contribution in [0.3, 0.4) is 0 Å². The summed E-state index contributed by atoms with van der Waals surface area (Å²) in [5, 5.41) is 37.0. The highest BCUT2D eigenvalue weighted by atomic mass is 16.7. The molecule has 1 saturated heterocycles. The summed E-state index contributed by atoms with van der Waals surface area (Å²) in [6.07, 6.45) is -4.72. The number of hydrogen-bond acceptors (Lipinski definition) is 5. The number of aliphatic hydroxyl groups is 4. The summed E-state index contributed by atoms with van der Waals surface area (Å²) in [7, 11) is 0. The van der Waals surface area contributed by atoms with Crippen molar-refractivity contribution < 1.29 is 25.2 Å². The molecule has 1 rings (SSSR count). The zero-order chi connectivity index (χ0) is 9.52. The van der Waals surface area contributed by atoms with Crippen LogP contribution in [0.15, 0.2) is 0 Å². The third-order valence-electron chi connectivity index (χ3n) is 2.13. The smallest absolute Gasteiger partial charge is 0.192 e. The van der Waals surface area contributed by atoms with E-state index in [2.05, 4.69) is 0 Å². The molecule has 72 valence electrons. The van der Waals surface area contributed by atoms with Crippen molar-refractivity contribution in [1.82, 2.24) is 0 Å². The van der Waals surface area contributed by atoms with E-state index in [1.54, 1.807) is 0 Å². The van der Waals surface area contributed by atoms with Gasteiger partial charge in [0.2, 0.25) is 0 Å². The summed E-state index contributed by atoms with van der Waals surface area (Å²) in [6, 6.07) is 0. The molecule has 5 heteroatoms. The Morgan fingerprint density at radius 1 is 1.17 bits per heavy atom. The van der Waals surface area contributed by atoms with Gasteiger partial charge >= 0.3 is 0 Å². The average molecular weight is 178 g/mol. The van der Waals surface area contributed by atoms with Crippen LogP contribution in [-0.2, 0) is 4.74 Å². The van der Waals surface area contributed by atoms with E-state index in [0.29, 0.717) is 0 Å². The quantitative estimate of drug-likeness (QED) is 0.351. The molecule has 0 aliphatic carbocycles. The van der Waals surface area contributed by atoms with Gasteiger partial charge in [0, 0.05) is 0 Å². The Bertz CT molecular complexity index is 169. The van der Waals surface area contributed by atoms with Crippen LogP contribution in [0.1, 0.15) is 13.8 Å². The van der Waals surface area contributed by atoms with E-state index in [1.165, 1.54) is 13.8 Å². The SMILES string of the molecule is C[C@@H]1OC(C)(O)[C@H](O)[C@H](O)[C@H]1O. The largest absolute Gasteiger partial charge is 0.388 e. The lowest BCUT2D eigenvalue weighted by molar-refractivity contribution is -0.334. The van der Waals surface area contributed by atoms with Crippen LogP contribution in [0, 0.1) is 0 Å². The molecule has 12 heavy (non-hydrogen) atoms. The molecule has 0 spiro atoms. The fourth-order valence-corrected chi connectivity index (χ4v) is 1.30. The van der Waals surface area contributed by atoms with Gasteiger partial charge in [0.1, 0.15) is 18.3 Å². The van der Waals surface area contributed by atoms with Crippen LogP contribution in [0.25, 0.3) is 0 Å². The van der Waals surface area contributed by atoms with Crippen molar-refractivity contribution in [2.24, 2.45) is 0 Å². The van der Waals surface area contributed by atoms with Crippen molar-refractivity contribution in [2.75, 3.05) is 0 Å². The molecule has 5 atom stereocenters. The topological polar surface area (TPSA) is 90.2 Å². The number of ether oxygens (including phenoxy) is 1. The van der Waals surface area contributed by atoms with Gasteiger partial charge in [-0.15, -0.1) is 0 Å². The van der Waals surface area contributed by atoms with Crippen LogP contribution < -0.4 is 0 Å². The first-order valence-corrected chi connectivity index (χ1v) is 3.80. The lowest BCUT2D eigenvalue weighted by atomic mass is 9.94. The second kappa shape index (κ2) is 2.93. The molecule has 0 bridgehead atoms. The summed E-state index contributed by atoms with van der Waals surface area (Å²) < 4.78 is 4.86. The third-order valence-corrected chi connectivity index (χ3v) is 2.13. The van der Waals surface area contributed by atoms with E-state index >= 15 is 0 Å². The minimum absolute atomic E-state index is 0.696. The first kappa shape index (κ1) is 9.88. The Labute approximate surface area is 70.2 Å². The van der Waals surface area contributed by atoms with Crippen molar-refractivity contribution in [2.45, 2.75) is 44.1 Å². The van der Waals surface area contributed by atoms with E-state index in [1.807, 2.05) is 0 Å². The number of aliphatic hydroxyl groups excluding tert-OH is 3. The highest BCUT2D eigenvalue weighted by molar-refractivity contribution is 4.92. The summed E-state index contributed by atoms with van der Waals surface area (Å²) in [4.78, 5) is 0. The Morgan fingerprint density at radius 2 is 1.67 bits per heavy atom. The molecule has 0 aromatic heterocycles. The van der Waals surface area contributed by atoms with E-state index in [9.17, 15) is 20.4 Å². The highest BCUT2D eigenvalue weighted by Gasteiger charge is 2.48. The number of rotatable bonds is 0. The molecule has 1 unspecified atom stereocenters. The van der Waals surface area contributed by atoms with Crippen molar-refractivity contribution in [1.29, 1.82) is 0 Å². The van der Waals surface area contributed by atoms with Gasteiger partial charge in [0.05, 0.1) is 6.10 Å². The molecule has 1 aliphatic rings. The lowest BCUT2D eigenvalue weighted by Gasteiger charge is -2.42. The van der Waals surface area contributed by atoms with Crippen LogP contribution in [0.2, 0.25) is 0 Å². The normalized spacial score (nSPS) is 55.5. The molecule has 0 aromatic rings. The van der Waals surface area contributed by atoms with Gasteiger partial charge in [0.15, 0.2) is 5.79 Å². The summed E-state index contributed by atoms with van der Waals surface area (Å²) in [5.41, 5.74) is 0. The first-order valence-electron chi connectivity index (χ1n) is 3.80. The summed E-state index contributed by atoms with van der Waals surface area (Å²) >= 11 is 0. The average Bonchev–Trinajstić information content (AvgIpc) is 1.97. The van der Waals surface area contributed by atoms with Gasteiger partial charge in [-0.2, -0.15) is 0 Å². The van der Waals surface area contributed by atoms with Crippen LogP contribution in [-0.4, -0.2) is 50.6 Å². The fourth-order valence-electron chi connectivity index (χ4n) is 1.30. The Balaban J connectivity index is 2.78. The van der Waals surface area contributed by atoms with Crippen LogP contribution >= 0.6 is 0 Å². The standard InChI is InChI=1S/C7H14O5/c1-3-4(8)5(9)6(10)7(2,11)12-3/h3-6,8-11H,1-2H3/t3-,4-,5+,6+,7?/m0/s1. The fraction of sp³-hybridized carbons (Fsp3) is 1.00. The molecule has 5 nitrogen and oxygen atoms in total. The predicted octanol–water partition coefficient (Wildman–Crippen LogP) is -1.80. The highest BCUT2D eigenvalue weighted by Crippen LogP contribution is 2.27. The lowest BCUT2D eigenvalue weighted by Crippen LogP contribution is -2.62. The molecule has 1 aliphatic heterocycles. The maximum absolute atomic E-state index is 9.36. The first-order chi connectivity index (χ1) is 5.36. The van der Waals surface area contributed by atoms with Gasteiger partial charge < -0.3 is 25.2 Å². The zero-order valence-corrected chi connectivity index (χ0v) is 7.01. The summed E-state index contributed by atoms with van der Waals surface area (Å²) in [5.74, 6) is -1.79. The summed E-state index contributed by atoms with van der Waals surface area (Å²) in [6.45, 7) is 2.75. The molecule has 0 aromatic carbocycles. The molecule has 4 N–H and O–H groups in total. The van der Waals surface area contributed by atoms with Crippen molar-refractivity contribution in [3.05, 3.63) is 0 Å². The van der Waals surface area contributed by atoms with E-state index in [4.69, 9.17) is 4.74 Å². The molecule has 1 heterocycles. The maximum atomic E-state index is 9.36.